The molecular weight excluding hydrogens is 200 g/mol. The summed E-state index contributed by atoms with van der Waals surface area (Å²) in [5.74, 6) is 0.721. The van der Waals surface area contributed by atoms with E-state index in [0.29, 0.717) is 6.61 Å². The fourth-order valence-corrected chi connectivity index (χ4v) is 2.43. The van der Waals surface area contributed by atoms with Crippen molar-refractivity contribution in [1.29, 1.82) is 0 Å². The van der Waals surface area contributed by atoms with Crippen LogP contribution in [-0.2, 0) is 10.3 Å². The maximum Gasteiger partial charge on any atom is 0.144 e. The van der Waals surface area contributed by atoms with E-state index in [-0.39, 0.29) is 0 Å². The van der Waals surface area contributed by atoms with Crippen LogP contribution in [0.4, 0.5) is 0 Å². The Labute approximate surface area is 96.6 Å². The molecule has 1 aliphatic carbocycles. The van der Waals surface area contributed by atoms with Gasteiger partial charge in [-0.2, -0.15) is 0 Å². The lowest BCUT2D eigenvalue weighted by molar-refractivity contribution is 0.0298. The number of benzene rings is 1. The Balaban J connectivity index is 2.60. The SMILES string of the molecule is CCOC1=C(CC)c2ccccc2C1(C)O. The molecule has 0 spiro atoms. The molecule has 1 N–H and O–H groups in total. The summed E-state index contributed by atoms with van der Waals surface area (Å²) in [7, 11) is 0. The number of allylic oxidation sites excluding steroid dienone is 1. The van der Waals surface area contributed by atoms with Crippen LogP contribution in [-0.4, -0.2) is 11.7 Å². The van der Waals surface area contributed by atoms with Crippen molar-refractivity contribution in [2.45, 2.75) is 32.8 Å². The standard InChI is InChI=1S/C14H18O2/c1-4-10-11-8-6-7-9-12(11)14(3,15)13(10)16-5-2/h6-9,15H,4-5H2,1-3H3. The molecule has 2 nitrogen and oxygen atoms in total. The van der Waals surface area contributed by atoms with Gasteiger partial charge in [0.1, 0.15) is 11.4 Å². The number of aliphatic hydroxyl groups is 1. The Kier molecular flexibility index (Phi) is 2.76. The van der Waals surface area contributed by atoms with Crippen molar-refractivity contribution in [2.24, 2.45) is 0 Å². The van der Waals surface area contributed by atoms with Crippen molar-refractivity contribution in [1.82, 2.24) is 0 Å². The zero-order chi connectivity index (χ0) is 11.8. The molecule has 1 aromatic rings. The van der Waals surface area contributed by atoms with Gasteiger partial charge >= 0.3 is 0 Å². The highest BCUT2D eigenvalue weighted by atomic mass is 16.5. The minimum Gasteiger partial charge on any atom is -0.494 e. The molecule has 0 radical (unpaired) electrons. The number of hydrogen-bond donors (Lipinski definition) is 1. The van der Waals surface area contributed by atoms with E-state index in [2.05, 4.69) is 13.0 Å². The van der Waals surface area contributed by atoms with Crippen molar-refractivity contribution >= 4 is 5.57 Å². The van der Waals surface area contributed by atoms with Gasteiger partial charge in [0, 0.05) is 5.57 Å². The van der Waals surface area contributed by atoms with Crippen molar-refractivity contribution in [3.63, 3.8) is 0 Å². The quantitative estimate of drug-likeness (QED) is 0.844. The minimum atomic E-state index is -0.974. The zero-order valence-corrected chi connectivity index (χ0v) is 10.1. The van der Waals surface area contributed by atoms with E-state index in [9.17, 15) is 5.11 Å². The molecule has 0 saturated carbocycles. The summed E-state index contributed by atoms with van der Waals surface area (Å²) in [5, 5.41) is 10.6. The topological polar surface area (TPSA) is 29.5 Å². The number of fused-ring (bicyclic) bond motifs is 1. The first-order valence-corrected chi connectivity index (χ1v) is 5.81. The molecular formula is C14H18O2. The Morgan fingerprint density at radius 1 is 1.25 bits per heavy atom. The van der Waals surface area contributed by atoms with E-state index < -0.39 is 5.60 Å². The average Bonchev–Trinajstić information content (AvgIpc) is 2.49. The van der Waals surface area contributed by atoms with E-state index >= 15 is 0 Å². The number of rotatable bonds is 3. The molecule has 86 valence electrons. The first-order chi connectivity index (χ1) is 7.62. The Morgan fingerprint density at radius 3 is 2.56 bits per heavy atom. The van der Waals surface area contributed by atoms with E-state index in [0.717, 1.165) is 28.9 Å². The Hall–Kier alpha value is -1.28. The van der Waals surface area contributed by atoms with Crippen LogP contribution in [0.2, 0.25) is 0 Å². The summed E-state index contributed by atoms with van der Waals surface area (Å²) in [4.78, 5) is 0. The summed E-state index contributed by atoms with van der Waals surface area (Å²) in [5.41, 5.74) is 2.23. The number of hydrogen-bond acceptors (Lipinski definition) is 2. The van der Waals surface area contributed by atoms with E-state index in [1.165, 1.54) is 0 Å². The molecule has 1 unspecified atom stereocenters. The third-order valence-electron chi connectivity index (χ3n) is 3.14. The molecule has 1 atom stereocenters. The zero-order valence-electron chi connectivity index (χ0n) is 10.1. The van der Waals surface area contributed by atoms with Gasteiger partial charge in [0.15, 0.2) is 0 Å². The van der Waals surface area contributed by atoms with Gasteiger partial charge in [-0.3, -0.25) is 0 Å². The predicted octanol–water partition coefficient (Wildman–Crippen LogP) is 3.07. The van der Waals surface area contributed by atoms with Crippen molar-refractivity contribution in [3.8, 4) is 0 Å². The second-order valence-corrected chi connectivity index (χ2v) is 4.21. The Morgan fingerprint density at radius 2 is 1.94 bits per heavy atom. The molecule has 0 bridgehead atoms. The second kappa shape index (κ2) is 3.95. The van der Waals surface area contributed by atoms with Gasteiger partial charge < -0.3 is 9.84 Å². The van der Waals surface area contributed by atoms with Crippen LogP contribution in [0.5, 0.6) is 0 Å². The van der Waals surface area contributed by atoms with E-state index in [4.69, 9.17) is 4.74 Å². The highest BCUT2D eigenvalue weighted by Crippen LogP contribution is 2.46. The van der Waals surface area contributed by atoms with Gasteiger partial charge in [-0.1, -0.05) is 31.2 Å². The fraction of sp³-hybridized carbons (Fsp3) is 0.429. The maximum atomic E-state index is 10.6. The maximum absolute atomic E-state index is 10.6. The molecule has 0 aliphatic heterocycles. The first kappa shape index (κ1) is 11.2. The molecule has 0 heterocycles. The van der Waals surface area contributed by atoms with Gasteiger partial charge in [0.25, 0.3) is 0 Å². The normalized spacial score (nSPS) is 23.5. The lowest BCUT2D eigenvalue weighted by Crippen LogP contribution is -2.23. The van der Waals surface area contributed by atoms with Crippen molar-refractivity contribution in [2.75, 3.05) is 6.61 Å². The van der Waals surface area contributed by atoms with Crippen LogP contribution in [0.25, 0.3) is 5.57 Å². The summed E-state index contributed by atoms with van der Waals surface area (Å²) in [6.07, 6.45) is 0.877. The largest absolute Gasteiger partial charge is 0.494 e. The summed E-state index contributed by atoms with van der Waals surface area (Å²) in [6.45, 7) is 6.42. The van der Waals surface area contributed by atoms with Crippen LogP contribution in [0, 0.1) is 0 Å². The van der Waals surface area contributed by atoms with Crippen LogP contribution in [0.1, 0.15) is 38.3 Å². The third-order valence-corrected chi connectivity index (χ3v) is 3.14. The lowest BCUT2D eigenvalue weighted by atomic mass is 9.97. The smallest absolute Gasteiger partial charge is 0.144 e. The monoisotopic (exact) mass is 218 g/mol. The fourth-order valence-electron chi connectivity index (χ4n) is 2.43. The van der Waals surface area contributed by atoms with Crippen LogP contribution in [0.15, 0.2) is 30.0 Å². The van der Waals surface area contributed by atoms with Gasteiger partial charge in [0.05, 0.1) is 6.61 Å². The number of ether oxygens (including phenoxy) is 1. The van der Waals surface area contributed by atoms with E-state index in [1.807, 2.05) is 25.1 Å². The van der Waals surface area contributed by atoms with Crippen molar-refractivity contribution < 1.29 is 9.84 Å². The van der Waals surface area contributed by atoms with Crippen molar-refractivity contribution in [3.05, 3.63) is 41.2 Å². The molecule has 0 fully saturated rings. The molecule has 1 aliphatic rings. The van der Waals surface area contributed by atoms with Crippen LogP contribution >= 0.6 is 0 Å². The molecule has 0 aromatic heterocycles. The molecule has 2 rings (SSSR count). The van der Waals surface area contributed by atoms with Gasteiger partial charge in [-0.05, 0) is 31.4 Å². The lowest BCUT2D eigenvalue weighted by Gasteiger charge is -2.22. The molecule has 0 saturated heterocycles. The van der Waals surface area contributed by atoms with Gasteiger partial charge in [0.2, 0.25) is 0 Å². The summed E-state index contributed by atoms with van der Waals surface area (Å²) < 4.78 is 5.63. The molecule has 0 amide bonds. The van der Waals surface area contributed by atoms with E-state index in [1.54, 1.807) is 6.92 Å². The predicted molar refractivity (Wildman–Crippen MR) is 64.8 cm³/mol. The first-order valence-electron chi connectivity index (χ1n) is 5.81. The minimum absolute atomic E-state index is 0.586. The average molecular weight is 218 g/mol. The molecule has 1 aromatic carbocycles. The highest BCUT2D eigenvalue weighted by molar-refractivity contribution is 5.77. The molecule has 16 heavy (non-hydrogen) atoms. The van der Waals surface area contributed by atoms with Gasteiger partial charge in [-0.25, -0.2) is 0 Å². The van der Waals surface area contributed by atoms with Gasteiger partial charge in [-0.15, -0.1) is 0 Å². The summed E-state index contributed by atoms with van der Waals surface area (Å²) >= 11 is 0. The summed E-state index contributed by atoms with van der Waals surface area (Å²) in [6, 6.07) is 7.97. The third kappa shape index (κ3) is 1.45. The van der Waals surface area contributed by atoms with Crippen LogP contribution < -0.4 is 0 Å². The highest BCUT2D eigenvalue weighted by Gasteiger charge is 2.40. The van der Waals surface area contributed by atoms with Crippen LogP contribution in [0.3, 0.4) is 0 Å². The second-order valence-electron chi connectivity index (χ2n) is 4.21. The Bertz CT molecular complexity index is 430. The molecule has 2 heteroatoms.